The Morgan fingerprint density at radius 1 is 1.21 bits per heavy atom. The summed E-state index contributed by atoms with van der Waals surface area (Å²) in [5, 5.41) is 10.0. The number of guanidine groups is 1. The third kappa shape index (κ3) is 5.30. The summed E-state index contributed by atoms with van der Waals surface area (Å²) >= 11 is 0. The SMILES string of the molecule is CCOC1CC(NC(=NC)NC2CCN(CC(=O)NC)CC2)C12CCCC2.I. The van der Waals surface area contributed by atoms with Gasteiger partial charge in [0.2, 0.25) is 5.91 Å². The number of halogens is 1. The first-order chi connectivity index (χ1) is 13.1. The van der Waals surface area contributed by atoms with Gasteiger partial charge in [0.15, 0.2) is 5.96 Å². The predicted molar refractivity (Wildman–Crippen MR) is 123 cm³/mol. The molecule has 0 aromatic heterocycles. The van der Waals surface area contributed by atoms with Crippen LogP contribution in [0.25, 0.3) is 0 Å². The quantitative estimate of drug-likeness (QED) is 0.290. The van der Waals surface area contributed by atoms with Crippen LogP contribution < -0.4 is 16.0 Å². The van der Waals surface area contributed by atoms with Crippen molar-refractivity contribution in [2.24, 2.45) is 10.4 Å². The molecule has 28 heavy (non-hydrogen) atoms. The van der Waals surface area contributed by atoms with Gasteiger partial charge in [0, 0.05) is 51.3 Å². The first-order valence-corrected chi connectivity index (χ1v) is 10.7. The molecule has 2 atom stereocenters. The third-order valence-electron chi connectivity index (χ3n) is 6.80. The maximum atomic E-state index is 11.5. The molecule has 1 saturated heterocycles. The Balaban J connectivity index is 0.00000280. The summed E-state index contributed by atoms with van der Waals surface area (Å²) in [4.78, 5) is 18.2. The Morgan fingerprint density at radius 2 is 1.89 bits per heavy atom. The second kappa shape index (κ2) is 11.0. The lowest BCUT2D eigenvalue weighted by Gasteiger charge is -2.54. The van der Waals surface area contributed by atoms with E-state index in [2.05, 4.69) is 32.8 Å². The van der Waals surface area contributed by atoms with Gasteiger partial charge in [-0.3, -0.25) is 14.7 Å². The van der Waals surface area contributed by atoms with E-state index in [9.17, 15) is 4.79 Å². The van der Waals surface area contributed by atoms with Gasteiger partial charge in [-0.1, -0.05) is 12.8 Å². The van der Waals surface area contributed by atoms with Gasteiger partial charge in [0.05, 0.1) is 12.6 Å². The number of carbonyl (C=O) groups excluding carboxylic acids is 1. The van der Waals surface area contributed by atoms with Gasteiger partial charge in [-0.2, -0.15) is 0 Å². The number of rotatable bonds is 6. The molecule has 8 heteroatoms. The summed E-state index contributed by atoms with van der Waals surface area (Å²) in [5.74, 6) is 1.01. The molecule has 1 heterocycles. The van der Waals surface area contributed by atoms with Crippen LogP contribution in [0.1, 0.15) is 51.9 Å². The molecule has 0 bridgehead atoms. The molecule has 0 aromatic carbocycles. The van der Waals surface area contributed by atoms with Crippen LogP contribution in [-0.2, 0) is 9.53 Å². The topological polar surface area (TPSA) is 78.0 Å². The average molecular weight is 507 g/mol. The Hall–Kier alpha value is -0.610. The van der Waals surface area contributed by atoms with E-state index in [1.807, 2.05) is 7.05 Å². The molecule has 0 aromatic rings. The van der Waals surface area contributed by atoms with Crippen molar-refractivity contribution in [3.05, 3.63) is 0 Å². The fourth-order valence-corrected chi connectivity index (χ4v) is 5.14. The monoisotopic (exact) mass is 507 g/mol. The Morgan fingerprint density at radius 3 is 2.46 bits per heavy atom. The fourth-order valence-electron chi connectivity index (χ4n) is 5.14. The van der Waals surface area contributed by atoms with E-state index < -0.39 is 0 Å². The van der Waals surface area contributed by atoms with Crippen LogP contribution in [0.2, 0.25) is 0 Å². The summed E-state index contributed by atoms with van der Waals surface area (Å²) < 4.78 is 6.03. The number of piperidine rings is 1. The minimum absolute atomic E-state index is 0. The molecule has 2 unspecified atom stereocenters. The summed E-state index contributed by atoms with van der Waals surface area (Å²) in [7, 11) is 3.55. The summed E-state index contributed by atoms with van der Waals surface area (Å²) in [6.07, 6.45) is 8.74. The van der Waals surface area contributed by atoms with E-state index in [1.165, 1.54) is 25.7 Å². The van der Waals surface area contributed by atoms with Crippen molar-refractivity contribution in [3.63, 3.8) is 0 Å². The number of amides is 1. The predicted octanol–water partition coefficient (Wildman–Crippen LogP) is 1.72. The normalized spacial score (nSPS) is 27.8. The Kier molecular flexibility index (Phi) is 9.27. The van der Waals surface area contributed by atoms with Crippen molar-refractivity contribution in [3.8, 4) is 0 Å². The minimum Gasteiger partial charge on any atom is -0.378 e. The van der Waals surface area contributed by atoms with Gasteiger partial charge in [0.1, 0.15) is 0 Å². The van der Waals surface area contributed by atoms with E-state index in [0.717, 1.165) is 44.9 Å². The number of nitrogens with zero attached hydrogens (tertiary/aromatic N) is 2. The lowest BCUT2D eigenvalue weighted by molar-refractivity contribution is -0.125. The molecule has 1 aliphatic heterocycles. The molecule has 3 fully saturated rings. The third-order valence-corrected chi connectivity index (χ3v) is 6.80. The molecule has 162 valence electrons. The highest BCUT2D eigenvalue weighted by Gasteiger charge is 2.57. The van der Waals surface area contributed by atoms with Crippen molar-refractivity contribution in [1.82, 2.24) is 20.9 Å². The molecule has 0 radical (unpaired) electrons. The largest absolute Gasteiger partial charge is 0.378 e. The van der Waals surface area contributed by atoms with Crippen LogP contribution in [0, 0.1) is 5.41 Å². The summed E-state index contributed by atoms with van der Waals surface area (Å²) in [6.45, 7) is 5.30. The van der Waals surface area contributed by atoms with Gasteiger partial charge in [-0.25, -0.2) is 0 Å². The van der Waals surface area contributed by atoms with E-state index in [-0.39, 0.29) is 29.9 Å². The molecule has 3 N–H and O–H groups in total. The molecule has 7 nitrogen and oxygen atoms in total. The highest BCUT2D eigenvalue weighted by Crippen LogP contribution is 2.54. The van der Waals surface area contributed by atoms with Gasteiger partial charge in [0.25, 0.3) is 0 Å². The molecule has 3 aliphatic rings. The number of carbonyl (C=O) groups is 1. The van der Waals surface area contributed by atoms with Gasteiger partial charge >= 0.3 is 0 Å². The number of nitrogens with one attached hydrogen (secondary N) is 3. The van der Waals surface area contributed by atoms with Crippen molar-refractivity contribution >= 4 is 35.8 Å². The van der Waals surface area contributed by atoms with E-state index in [1.54, 1.807) is 7.05 Å². The first-order valence-electron chi connectivity index (χ1n) is 10.7. The van der Waals surface area contributed by atoms with Gasteiger partial charge < -0.3 is 20.7 Å². The molecule has 2 saturated carbocycles. The van der Waals surface area contributed by atoms with Crippen LogP contribution in [0.5, 0.6) is 0 Å². The molecular formula is C20H38IN5O2. The van der Waals surface area contributed by atoms with Crippen LogP contribution in [0.15, 0.2) is 4.99 Å². The molecule has 2 aliphatic carbocycles. The summed E-state index contributed by atoms with van der Waals surface area (Å²) in [6, 6.07) is 0.885. The van der Waals surface area contributed by atoms with Crippen LogP contribution in [0.4, 0.5) is 0 Å². The van der Waals surface area contributed by atoms with Crippen LogP contribution >= 0.6 is 24.0 Å². The maximum Gasteiger partial charge on any atom is 0.233 e. The number of likely N-dealkylation sites (tertiary alicyclic amines) is 1. The van der Waals surface area contributed by atoms with Gasteiger partial charge in [-0.15, -0.1) is 24.0 Å². The fraction of sp³-hybridized carbons (Fsp3) is 0.900. The molecule has 3 rings (SSSR count). The lowest BCUT2D eigenvalue weighted by atomic mass is 9.60. The van der Waals surface area contributed by atoms with Gasteiger partial charge in [-0.05, 0) is 39.0 Å². The standard InChI is InChI=1S/C20H37N5O2.HI/c1-4-27-17-13-16(20(17)9-5-6-10-20)24-19(22-3)23-15-7-11-25(12-8-15)14-18(26)21-2;/h15-17H,4-14H2,1-3H3,(H,21,26)(H2,22,23,24);1H. The average Bonchev–Trinajstić information content (AvgIpc) is 3.20. The highest BCUT2D eigenvalue weighted by atomic mass is 127. The molecule has 1 spiro atoms. The Labute approximate surface area is 186 Å². The zero-order valence-electron chi connectivity index (χ0n) is 17.6. The van der Waals surface area contributed by atoms with Crippen LogP contribution in [0.3, 0.4) is 0 Å². The maximum absolute atomic E-state index is 11.5. The van der Waals surface area contributed by atoms with E-state index >= 15 is 0 Å². The van der Waals surface area contributed by atoms with Crippen LogP contribution in [-0.4, -0.2) is 75.3 Å². The van der Waals surface area contributed by atoms with Crippen molar-refractivity contribution < 1.29 is 9.53 Å². The number of hydrogen-bond donors (Lipinski definition) is 3. The number of ether oxygens (including phenoxy) is 1. The number of aliphatic imine (C=N–C) groups is 1. The minimum atomic E-state index is 0. The smallest absolute Gasteiger partial charge is 0.233 e. The number of hydrogen-bond acceptors (Lipinski definition) is 4. The van der Waals surface area contributed by atoms with E-state index in [0.29, 0.717) is 30.1 Å². The first kappa shape index (κ1) is 23.7. The molecule has 1 amide bonds. The zero-order valence-corrected chi connectivity index (χ0v) is 20.0. The summed E-state index contributed by atoms with van der Waals surface area (Å²) in [5.41, 5.74) is 0.310. The van der Waals surface area contributed by atoms with E-state index in [4.69, 9.17) is 4.74 Å². The van der Waals surface area contributed by atoms with Crippen molar-refractivity contribution in [2.75, 3.05) is 40.3 Å². The second-order valence-corrected chi connectivity index (χ2v) is 8.26. The second-order valence-electron chi connectivity index (χ2n) is 8.26. The number of likely N-dealkylation sites (N-methyl/N-ethyl adjacent to an activating group) is 1. The lowest BCUT2D eigenvalue weighted by Crippen LogP contribution is -2.65. The highest BCUT2D eigenvalue weighted by molar-refractivity contribution is 14.0. The zero-order chi connectivity index (χ0) is 19.3. The Bertz CT molecular complexity index is 531. The van der Waals surface area contributed by atoms with Crippen molar-refractivity contribution in [1.29, 1.82) is 0 Å². The van der Waals surface area contributed by atoms with Crippen molar-refractivity contribution in [2.45, 2.75) is 70.1 Å². The molecular weight excluding hydrogens is 469 g/mol.